The van der Waals surface area contributed by atoms with Crippen molar-refractivity contribution < 1.29 is 26.3 Å². The van der Waals surface area contributed by atoms with E-state index in [9.17, 15) is 26.3 Å². The summed E-state index contributed by atoms with van der Waals surface area (Å²) in [6.07, 6.45) is 0. The topological polar surface area (TPSA) is 17.8 Å². The van der Waals surface area contributed by atoms with E-state index in [1.807, 2.05) is 0 Å². The average molecular weight is 420 g/mol. The molecule has 27 heavy (non-hydrogen) atoms. The van der Waals surface area contributed by atoms with Gasteiger partial charge < -0.3 is 0 Å². The van der Waals surface area contributed by atoms with E-state index < -0.39 is 44.5 Å². The molecule has 0 saturated heterocycles. The molecule has 0 fully saturated rings. The standard InChI is InChI=1S/C17H10F6N2S2/c18-16(19,20)26-14-13(11-7-3-1-4-8-11)24-25(12-9-5-2-6-10-12)15(14)27-17(21,22)23/h1-10H. The van der Waals surface area contributed by atoms with E-state index in [1.54, 1.807) is 36.4 Å². The summed E-state index contributed by atoms with van der Waals surface area (Å²) < 4.78 is 79.5. The first-order valence-corrected chi connectivity index (χ1v) is 9.03. The predicted molar refractivity (Wildman–Crippen MR) is 92.8 cm³/mol. The quantitative estimate of drug-likeness (QED) is 0.343. The number of nitrogens with zero attached hydrogens (tertiary/aromatic N) is 2. The second-order valence-corrected chi connectivity index (χ2v) is 7.32. The molecule has 1 aromatic heterocycles. The van der Waals surface area contributed by atoms with Crippen molar-refractivity contribution in [2.45, 2.75) is 20.9 Å². The van der Waals surface area contributed by atoms with E-state index in [0.29, 0.717) is 5.56 Å². The van der Waals surface area contributed by atoms with Crippen LogP contribution in [0.5, 0.6) is 0 Å². The molecule has 0 aliphatic rings. The maximum Gasteiger partial charge on any atom is 0.447 e. The monoisotopic (exact) mass is 420 g/mol. The van der Waals surface area contributed by atoms with Gasteiger partial charge in [0.2, 0.25) is 0 Å². The molecule has 10 heteroatoms. The lowest BCUT2D eigenvalue weighted by Gasteiger charge is -2.12. The van der Waals surface area contributed by atoms with Gasteiger partial charge in [-0.05, 0) is 23.9 Å². The second kappa shape index (κ2) is 7.51. The van der Waals surface area contributed by atoms with Crippen LogP contribution in [0.4, 0.5) is 26.3 Å². The lowest BCUT2D eigenvalue weighted by molar-refractivity contribution is -0.0347. The number of halogens is 6. The van der Waals surface area contributed by atoms with Gasteiger partial charge in [0.05, 0.1) is 10.6 Å². The Morgan fingerprint density at radius 1 is 0.704 bits per heavy atom. The second-order valence-electron chi connectivity index (χ2n) is 5.19. The fraction of sp³-hybridized carbons (Fsp3) is 0.118. The van der Waals surface area contributed by atoms with Gasteiger partial charge in [-0.2, -0.15) is 31.4 Å². The zero-order valence-corrected chi connectivity index (χ0v) is 14.9. The van der Waals surface area contributed by atoms with Gasteiger partial charge in [-0.25, -0.2) is 4.68 Å². The normalized spacial score (nSPS) is 12.4. The highest BCUT2D eigenvalue weighted by Crippen LogP contribution is 2.50. The van der Waals surface area contributed by atoms with Crippen LogP contribution in [0, 0.1) is 0 Å². The highest BCUT2D eigenvalue weighted by Gasteiger charge is 2.39. The van der Waals surface area contributed by atoms with Crippen LogP contribution in [0.3, 0.4) is 0 Å². The number of alkyl halides is 6. The Morgan fingerprint density at radius 3 is 1.74 bits per heavy atom. The summed E-state index contributed by atoms with van der Waals surface area (Å²) in [5, 5.41) is 3.46. The Hall–Kier alpha value is -2.07. The molecule has 0 saturated carbocycles. The summed E-state index contributed by atoms with van der Waals surface area (Å²) in [5.74, 6) is 0. The van der Waals surface area contributed by atoms with Crippen molar-refractivity contribution in [3.8, 4) is 16.9 Å². The number of thioether (sulfide) groups is 2. The van der Waals surface area contributed by atoms with Gasteiger partial charge in [-0.3, -0.25) is 0 Å². The van der Waals surface area contributed by atoms with Crippen molar-refractivity contribution >= 4 is 23.5 Å². The van der Waals surface area contributed by atoms with E-state index in [0.717, 1.165) is 4.68 Å². The third-order valence-corrected chi connectivity index (χ3v) is 5.03. The van der Waals surface area contributed by atoms with Gasteiger partial charge >= 0.3 is 11.0 Å². The van der Waals surface area contributed by atoms with Crippen molar-refractivity contribution in [3.05, 3.63) is 60.7 Å². The van der Waals surface area contributed by atoms with E-state index in [4.69, 9.17) is 0 Å². The average Bonchev–Trinajstić information content (AvgIpc) is 2.91. The largest absolute Gasteiger partial charge is 0.447 e. The Bertz CT molecular complexity index is 831. The molecule has 0 spiro atoms. The molecular formula is C17H10F6N2S2. The minimum Gasteiger partial charge on any atom is -0.225 e. The zero-order valence-electron chi connectivity index (χ0n) is 13.3. The maximum atomic E-state index is 13.1. The number of rotatable bonds is 4. The number of hydrogen-bond donors (Lipinski definition) is 0. The first-order chi connectivity index (χ1) is 12.6. The third kappa shape index (κ3) is 5.01. The fourth-order valence-electron chi connectivity index (χ4n) is 2.32. The first kappa shape index (κ1) is 19.7. The van der Waals surface area contributed by atoms with Crippen LogP contribution in [-0.2, 0) is 0 Å². The number of aromatic nitrogens is 2. The molecule has 3 rings (SSSR count). The Morgan fingerprint density at radius 2 is 1.22 bits per heavy atom. The number of para-hydroxylation sites is 1. The minimum absolute atomic E-state index is 0.159. The van der Waals surface area contributed by atoms with Crippen LogP contribution in [0.1, 0.15) is 0 Å². The molecule has 0 unspecified atom stereocenters. The fourth-order valence-corrected chi connectivity index (χ4v) is 3.88. The van der Waals surface area contributed by atoms with Crippen LogP contribution >= 0.6 is 23.5 Å². The molecule has 0 N–H and O–H groups in total. The third-order valence-electron chi connectivity index (χ3n) is 3.28. The molecule has 0 radical (unpaired) electrons. The van der Waals surface area contributed by atoms with Gasteiger partial charge in [0, 0.05) is 17.3 Å². The van der Waals surface area contributed by atoms with Crippen LogP contribution in [0.25, 0.3) is 16.9 Å². The molecular weight excluding hydrogens is 410 g/mol. The molecule has 3 aromatic rings. The van der Waals surface area contributed by atoms with Gasteiger partial charge in [-0.15, -0.1) is 0 Å². The first-order valence-electron chi connectivity index (χ1n) is 7.39. The van der Waals surface area contributed by atoms with Crippen molar-refractivity contribution in [1.82, 2.24) is 9.78 Å². The number of hydrogen-bond acceptors (Lipinski definition) is 3. The van der Waals surface area contributed by atoms with E-state index in [1.165, 1.54) is 24.3 Å². The predicted octanol–water partition coefficient (Wildman–Crippen LogP) is 6.76. The SMILES string of the molecule is FC(F)(F)Sc1c(-c2ccccc2)nn(-c2ccccc2)c1SC(F)(F)F. The summed E-state index contributed by atoms with van der Waals surface area (Å²) in [7, 11) is 0. The summed E-state index contributed by atoms with van der Waals surface area (Å²) in [6, 6.07) is 15.5. The summed E-state index contributed by atoms with van der Waals surface area (Å²) >= 11 is -1.21. The molecule has 142 valence electrons. The van der Waals surface area contributed by atoms with Crippen molar-refractivity contribution in [2.75, 3.05) is 0 Å². The highest BCUT2D eigenvalue weighted by atomic mass is 32.2. The van der Waals surface area contributed by atoms with E-state index in [-0.39, 0.29) is 11.4 Å². The lowest BCUT2D eigenvalue weighted by atomic mass is 10.2. The molecule has 0 aliphatic carbocycles. The Kier molecular flexibility index (Phi) is 5.48. The lowest BCUT2D eigenvalue weighted by Crippen LogP contribution is -2.06. The highest BCUT2D eigenvalue weighted by molar-refractivity contribution is 8.03. The van der Waals surface area contributed by atoms with Crippen LogP contribution in [0.15, 0.2) is 70.6 Å². The summed E-state index contributed by atoms with van der Waals surface area (Å²) in [4.78, 5) is -0.583. The van der Waals surface area contributed by atoms with E-state index in [2.05, 4.69) is 5.10 Å². The summed E-state index contributed by atoms with van der Waals surface area (Å²) in [5.41, 5.74) is -9.18. The van der Waals surface area contributed by atoms with Gasteiger partial charge in [0.15, 0.2) is 0 Å². The van der Waals surface area contributed by atoms with E-state index >= 15 is 0 Å². The summed E-state index contributed by atoms with van der Waals surface area (Å²) in [6.45, 7) is 0. The molecule has 0 bridgehead atoms. The van der Waals surface area contributed by atoms with Gasteiger partial charge in [0.25, 0.3) is 0 Å². The molecule has 0 aliphatic heterocycles. The van der Waals surface area contributed by atoms with Crippen molar-refractivity contribution in [3.63, 3.8) is 0 Å². The molecule has 2 nitrogen and oxygen atoms in total. The van der Waals surface area contributed by atoms with Crippen LogP contribution in [-0.4, -0.2) is 20.8 Å². The molecule has 0 atom stereocenters. The van der Waals surface area contributed by atoms with Gasteiger partial charge in [-0.1, -0.05) is 48.5 Å². The Balaban J connectivity index is 2.27. The van der Waals surface area contributed by atoms with Crippen LogP contribution < -0.4 is 0 Å². The maximum absolute atomic E-state index is 13.1. The molecule has 1 heterocycles. The minimum atomic E-state index is -4.78. The zero-order chi connectivity index (χ0) is 19.7. The Labute approximate surface area is 158 Å². The number of benzene rings is 2. The molecule has 2 aromatic carbocycles. The van der Waals surface area contributed by atoms with Gasteiger partial charge in [0.1, 0.15) is 10.7 Å². The smallest absolute Gasteiger partial charge is 0.225 e. The van der Waals surface area contributed by atoms with Crippen LogP contribution in [0.2, 0.25) is 0 Å². The van der Waals surface area contributed by atoms with Crippen molar-refractivity contribution in [1.29, 1.82) is 0 Å². The van der Waals surface area contributed by atoms with Crippen molar-refractivity contribution in [2.24, 2.45) is 0 Å². The molecule has 0 amide bonds.